The van der Waals surface area contributed by atoms with Gasteiger partial charge >= 0.3 is 6.09 Å². The molecule has 2 heterocycles. The molecule has 0 saturated carbocycles. The lowest BCUT2D eigenvalue weighted by Gasteiger charge is -2.38. The van der Waals surface area contributed by atoms with Crippen LogP contribution in [-0.4, -0.2) is 42.3 Å². The number of likely N-dealkylation sites (tertiary alicyclic amines) is 1. The predicted octanol–water partition coefficient (Wildman–Crippen LogP) is 2.78. The van der Waals surface area contributed by atoms with Gasteiger partial charge in [0.25, 0.3) is 0 Å². The molecule has 1 N–H and O–H groups in total. The van der Waals surface area contributed by atoms with E-state index in [1.54, 1.807) is 0 Å². The van der Waals surface area contributed by atoms with Crippen LogP contribution in [-0.2, 0) is 4.74 Å². The van der Waals surface area contributed by atoms with E-state index in [2.05, 4.69) is 5.32 Å². The van der Waals surface area contributed by atoms with Crippen molar-refractivity contribution in [3.63, 3.8) is 0 Å². The summed E-state index contributed by atoms with van der Waals surface area (Å²) in [6, 6.07) is 0.675. The minimum absolute atomic E-state index is 0.150. The highest BCUT2D eigenvalue weighted by Gasteiger charge is 2.30. The monoisotopic (exact) mass is 268 g/mol. The molecule has 2 aliphatic rings. The van der Waals surface area contributed by atoms with Crippen molar-refractivity contribution in [2.75, 3.05) is 19.6 Å². The van der Waals surface area contributed by atoms with Gasteiger partial charge in [0.2, 0.25) is 0 Å². The summed E-state index contributed by atoms with van der Waals surface area (Å²) in [5.74, 6) is 0.735. The fourth-order valence-corrected chi connectivity index (χ4v) is 3.09. The van der Waals surface area contributed by atoms with Gasteiger partial charge in [-0.15, -0.1) is 0 Å². The molecule has 0 aromatic heterocycles. The maximum atomic E-state index is 12.0. The first kappa shape index (κ1) is 14.6. The fraction of sp³-hybridized carbons (Fsp3) is 0.933. The Labute approximate surface area is 116 Å². The highest BCUT2D eigenvalue weighted by molar-refractivity contribution is 5.68. The Morgan fingerprint density at radius 2 is 1.84 bits per heavy atom. The van der Waals surface area contributed by atoms with Gasteiger partial charge in [0, 0.05) is 19.1 Å². The maximum Gasteiger partial charge on any atom is 0.410 e. The van der Waals surface area contributed by atoms with E-state index < -0.39 is 5.60 Å². The molecular formula is C15H28N2O2. The summed E-state index contributed by atoms with van der Waals surface area (Å²) in [5, 5.41) is 3.64. The van der Waals surface area contributed by atoms with Gasteiger partial charge in [-0.05, 0) is 58.9 Å². The number of rotatable bonds is 1. The number of nitrogens with zero attached hydrogens (tertiary/aromatic N) is 1. The predicted molar refractivity (Wildman–Crippen MR) is 76.2 cm³/mol. The summed E-state index contributed by atoms with van der Waals surface area (Å²) in [7, 11) is 0. The van der Waals surface area contributed by atoms with Gasteiger partial charge in [0.15, 0.2) is 0 Å². The highest BCUT2D eigenvalue weighted by Crippen LogP contribution is 2.26. The van der Waals surface area contributed by atoms with Crippen LogP contribution < -0.4 is 5.32 Å². The van der Waals surface area contributed by atoms with Crippen LogP contribution in [0.25, 0.3) is 0 Å². The Balaban J connectivity index is 1.77. The zero-order chi connectivity index (χ0) is 13.9. The molecule has 19 heavy (non-hydrogen) atoms. The molecule has 4 nitrogen and oxygen atoms in total. The number of carbonyl (C=O) groups is 1. The van der Waals surface area contributed by atoms with Crippen LogP contribution in [0.5, 0.6) is 0 Å². The van der Waals surface area contributed by atoms with Crippen LogP contribution in [0, 0.1) is 5.92 Å². The average molecular weight is 268 g/mol. The van der Waals surface area contributed by atoms with Gasteiger partial charge < -0.3 is 15.0 Å². The Morgan fingerprint density at radius 3 is 2.37 bits per heavy atom. The molecule has 0 unspecified atom stereocenters. The Hall–Kier alpha value is -0.770. The largest absolute Gasteiger partial charge is 0.444 e. The van der Waals surface area contributed by atoms with E-state index in [-0.39, 0.29) is 6.09 Å². The lowest BCUT2D eigenvalue weighted by atomic mass is 9.85. The zero-order valence-corrected chi connectivity index (χ0v) is 12.6. The standard InChI is InChI=1S/C15H28N2O2/c1-15(2,3)19-14(18)17-10-7-12(8-11-17)13-6-4-5-9-16-13/h12-13,16H,4-11H2,1-3H3/t13-/m0/s1. The number of ether oxygens (including phenoxy) is 1. The van der Waals surface area contributed by atoms with E-state index in [9.17, 15) is 4.79 Å². The molecule has 2 rings (SSSR count). The molecule has 4 heteroatoms. The van der Waals surface area contributed by atoms with Gasteiger partial charge in [-0.2, -0.15) is 0 Å². The summed E-state index contributed by atoms with van der Waals surface area (Å²) in [6.45, 7) is 8.61. The third kappa shape index (κ3) is 4.37. The number of hydrogen-bond donors (Lipinski definition) is 1. The number of carbonyl (C=O) groups excluding carboxylic acids is 1. The normalized spacial score (nSPS) is 26.3. The molecule has 1 atom stereocenters. The summed E-state index contributed by atoms with van der Waals surface area (Å²) >= 11 is 0. The van der Waals surface area contributed by atoms with E-state index in [0.29, 0.717) is 6.04 Å². The highest BCUT2D eigenvalue weighted by atomic mass is 16.6. The third-order valence-corrected chi connectivity index (χ3v) is 4.11. The first-order valence-corrected chi connectivity index (χ1v) is 7.67. The minimum atomic E-state index is -0.390. The Bertz CT molecular complexity index is 298. The second kappa shape index (κ2) is 6.12. The number of amides is 1. The second-order valence-electron chi connectivity index (χ2n) is 6.86. The summed E-state index contributed by atoms with van der Waals surface area (Å²) in [4.78, 5) is 13.9. The number of hydrogen-bond acceptors (Lipinski definition) is 3. The summed E-state index contributed by atoms with van der Waals surface area (Å²) in [5.41, 5.74) is -0.390. The van der Waals surface area contributed by atoms with E-state index in [4.69, 9.17) is 4.74 Å². The van der Waals surface area contributed by atoms with Crippen molar-refractivity contribution in [3.05, 3.63) is 0 Å². The van der Waals surface area contributed by atoms with Crippen LogP contribution in [0.4, 0.5) is 4.79 Å². The van der Waals surface area contributed by atoms with E-state index in [1.807, 2.05) is 25.7 Å². The molecular weight excluding hydrogens is 240 g/mol. The van der Waals surface area contributed by atoms with Crippen LogP contribution in [0.1, 0.15) is 52.9 Å². The van der Waals surface area contributed by atoms with Crippen molar-refractivity contribution in [1.29, 1.82) is 0 Å². The Morgan fingerprint density at radius 1 is 1.16 bits per heavy atom. The summed E-state index contributed by atoms with van der Waals surface area (Å²) in [6.07, 6.45) is 6.03. The minimum Gasteiger partial charge on any atom is -0.444 e. The lowest BCUT2D eigenvalue weighted by Crippen LogP contribution is -2.47. The third-order valence-electron chi connectivity index (χ3n) is 4.11. The molecule has 0 aromatic carbocycles. The Kier molecular flexibility index (Phi) is 4.71. The fourth-order valence-electron chi connectivity index (χ4n) is 3.09. The molecule has 0 spiro atoms. The van der Waals surface area contributed by atoms with Crippen molar-refractivity contribution in [2.45, 2.75) is 64.5 Å². The van der Waals surface area contributed by atoms with Crippen LogP contribution in [0.3, 0.4) is 0 Å². The topological polar surface area (TPSA) is 41.6 Å². The van der Waals surface area contributed by atoms with Crippen molar-refractivity contribution < 1.29 is 9.53 Å². The zero-order valence-electron chi connectivity index (χ0n) is 12.6. The maximum absolute atomic E-state index is 12.0. The van der Waals surface area contributed by atoms with Gasteiger partial charge in [-0.3, -0.25) is 0 Å². The molecule has 0 radical (unpaired) electrons. The smallest absolute Gasteiger partial charge is 0.410 e. The first-order valence-electron chi connectivity index (χ1n) is 7.67. The number of nitrogens with one attached hydrogen (secondary N) is 1. The molecule has 2 aliphatic heterocycles. The van der Waals surface area contributed by atoms with Crippen molar-refractivity contribution >= 4 is 6.09 Å². The van der Waals surface area contributed by atoms with E-state index in [1.165, 1.54) is 19.3 Å². The van der Waals surface area contributed by atoms with Crippen LogP contribution >= 0.6 is 0 Å². The number of piperidine rings is 2. The molecule has 0 aromatic rings. The lowest BCUT2D eigenvalue weighted by molar-refractivity contribution is 0.0164. The van der Waals surface area contributed by atoms with Crippen molar-refractivity contribution in [1.82, 2.24) is 10.2 Å². The summed E-state index contributed by atoms with van der Waals surface area (Å²) < 4.78 is 5.43. The van der Waals surface area contributed by atoms with E-state index >= 15 is 0 Å². The first-order chi connectivity index (χ1) is 8.96. The van der Waals surface area contributed by atoms with Crippen molar-refractivity contribution in [3.8, 4) is 0 Å². The SMILES string of the molecule is CC(C)(C)OC(=O)N1CCC([C@@H]2CCCCN2)CC1. The molecule has 0 aliphatic carbocycles. The van der Waals surface area contributed by atoms with Gasteiger partial charge in [-0.25, -0.2) is 4.79 Å². The van der Waals surface area contributed by atoms with Crippen molar-refractivity contribution in [2.24, 2.45) is 5.92 Å². The van der Waals surface area contributed by atoms with Crippen LogP contribution in [0.2, 0.25) is 0 Å². The quantitative estimate of drug-likeness (QED) is 0.795. The van der Waals surface area contributed by atoms with Gasteiger partial charge in [0.1, 0.15) is 5.60 Å². The molecule has 110 valence electrons. The van der Waals surface area contributed by atoms with Crippen LogP contribution in [0.15, 0.2) is 0 Å². The van der Waals surface area contributed by atoms with Gasteiger partial charge in [-0.1, -0.05) is 6.42 Å². The van der Waals surface area contributed by atoms with Gasteiger partial charge in [0.05, 0.1) is 0 Å². The molecule has 2 fully saturated rings. The molecule has 1 amide bonds. The molecule has 2 saturated heterocycles. The molecule has 0 bridgehead atoms. The van der Waals surface area contributed by atoms with E-state index in [0.717, 1.165) is 38.4 Å². The average Bonchev–Trinajstić information content (AvgIpc) is 2.38. The second-order valence-corrected chi connectivity index (χ2v) is 6.86.